The number of aryl methyl sites for hydroxylation is 1. The molecule has 0 saturated carbocycles. The molecule has 1 aromatic rings. The molecule has 0 radical (unpaired) electrons. The number of nitrogens with one attached hydrogen (secondary N) is 1. The van der Waals surface area contributed by atoms with E-state index >= 15 is 0 Å². The Bertz CT molecular complexity index is 426. The highest BCUT2D eigenvalue weighted by Gasteiger charge is 2.22. The van der Waals surface area contributed by atoms with Gasteiger partial charge in [0, 0.05) is 11.8 Å². The lowest BCUT2D eigenvalue weighted by molar-refractivity contribution is 0.621. The van der Waals surface area contributed by atoms with Crippen molar-refractivity contribution >= 4 is 16.9 Å². The van der Waals surface area contributed by atoms with Gasteiger partial charge in [-0.2, -0.15) is 0 Å². The molecule has 1 atom stereocenters. The maximum absolute atomic E-state index is 4.58. The molecular formula is C15H22N2S. The van der Waals surface area contributed by atoms with Crippen LogP contribution in [0.25, 0.3) is 0 Å². The second-order valence-corrected chi connectivity index (χ2v) is 6.25. The molecule has 0 fully saturated rings. The molecule has 2 nitrogen and oxygen atoms in total. The number of nitrogens with zero attached hydrogens (tertiary/aromatic N) is 1. The fourth-order valence-electron chi connectivity index (χ4n) is 2.08. The van der Waals surface area contributed by atoms with E-state index in [1.54, 1.807) is 0 Å². The molecule has 1 heterocycles. The van der Waals surface area contributed by atoms with Crippen LogP contribution in [0.1, 0.15) is 31.9 Å². The molecule has 18 heavy (non-hydrogen) atoms. The zero-order valence-corrected chi connectivity index (χ0v) is 12.3. The van der Waals surface area contributed by atoms with Crippen molar-refractivity contribution < 1.29 is 0 Å². The van der Waals surface area contributed by atoms with Crippen LogP contribution in [0.2, 0.25) is 0 Å². The summed E-state index contributed by atoms with van der Waals surface area (Å²) in [6, 6.07) is 8.62. The van der Waals surface area contributed by atoms with Crippen molar-refractivity contribution in [3.63, 3.8) is 0 Å². The van der Waals surface area contributed by atoms with Gasteiger partial charge in [0.2, 0.25) is 0 Å². The van der Waals surface area contributed by atoms with E-state index in [-0.39, 0.29) is 0 Å². The van der Waals surface area contributed by atoms with Crippen LogP contribution in [-0.2, 0) is 13.0 Å². The van der Waals surface area contributed by atoms with Crippen molar-refractivity contribution in [2.75, 3.05) is 6.54 Å². The third-order valence-corrected chi connectivity index (χ3v) is 4.84. The molecule has 0 amide bonds. The lowest BCUT2D eigenvalue weighted by Crippen LogP contribution is -2.20. The third-order valence-electron chi connectivity index (χ3n) is 3.35. The molecule has 0 spiro atoms. The van der Waals surface area contributed by atoms with Crippen molar-refractivity contribution in [1.29, 1.82) is 0 Å². The summed E-state index contributed by atoms with van der Waals surface area (Å²) in [6.45, 7) is 8.58. The maximum Gasteiger partial charge on any atom is 0.157 e. The van der Waals surface area contributed by atoms with Crippen LogP contribution in [0, 0.1) is 5.92 Å². The topological polar surface area (TPSA) is 24.4 Å². The Morgan fingerprint density at radius 2 is 2.06 bits per heavy atom. The number of thioether (sulfide) groups is 1. The number of benzene rings is 1. The van der Waals surface area contributed by atoms with Crippen LogP contribution in [0.3, 0.4) is 0 Å². The Morgan fingerprint density at radius 1 is 1.33 bits per heavy atom. The summed E-state index contributed by atoms with van der Waals surface area (Å²) in [6.07, 6.45) is 1.09. The van der Waals surface area contributed by atoms with Crippen molar-refractivity contribution in [3.05, 3.63) is 35.4 Å². The molecule has 98 valence electrons. The van der Waals surface area contributed by atoms with Gasteiger partial charge in [-0.15, -0.1) is 0 Å². The Hall–Kier alpha value is -0.960. The molecule has 1 N–H and O–H groups in total. The van der Waals surface area contributed by atoms with Crippen molar-refractivity contribution in [2.24, 2.45) is 10.9 Å². The minimum Gasteiger partial charge on any atom is -0.361 e. The molecule has 0 aromatic heterocycles. The summed E-state index contributed by atoms with van der Waals surface area (Å²) in [5.41, 5.74) is 2.81. The molecule has 1 aliphatic heterocycles. The van der Waals surface area contributed by atoms with Gasteiger partial charge in [-0.1, -0.05) is 56.8 Å². The van der Waals surface area contributed by atoms with Gasteiger partial charge < -0.3 is 5.32 Å². The highest BCUT2D eigenvalue weighted by atomic mass is 32.2. The zero-order chi connectivity index (χ0) is 13.0. The fraction of sp³-hybridized carbons (Fsp3) is 0.533. The lowest BCUT2D eigenvalue weighted by atomic mass is 10.1. The van der Waals surface area contributed by atoms with Crippen LogP contribution in [-0.4, -0.2) is 17.0 Å². The minimum absolute atomic E-state index is 0.647. The van der Waals surface area contributed by atoms with Gasteiger partial charge in [0.15, 0.2) is 5.17 Å². The molecule has 1 aliphatic rings. The Kier molecular flexibility index (Phi) is 4.70. The predicted molar refractivity (Wildman–Crippen MR) is 81.2 cm³/mol. The average molecular weight is 262 g/mol. The highest BCUT2D eigenvalue weighted by molar-refractivity contribution is 8.14. The third kappa shape index (κ3) is 3.29. The van der Waals surface area contributed by atoms with E-state index in [9.17, 15) is 0 Å². The molecule has 1 aromatic carbocycles. The molecule has 0 aliphatic carbocycles. The van der Waals surface area contributed by atoms with E-state index in [1.807, 2.05) is 11.8 Å². The van der Waals surface area contributed by atoms with Gasteiger partial charge in [-0.3, -0.25) is 4.99 Å². The Balaban J connectivity index is 1.89. The monoisotopic (exact) mass is 262 g/mol. The van der Waals surface area contributed by atoms with Gasteiger partial charge >= 0.3 is 0 Å². The van der Waals surface area contributed by atoms with Crippen molar-refractivity contribution in [1.82, 2.24) is 5.32 Å². The van der Waals surface area contributed by atoms with Gasteiger partial charge in [-0.25, -0.2) is 0 Å². The van der Waals surface area contributed by atoms with Crippen LogP contribution >= 0.6 is 11.8 Å². The summed E-state index contributed by atoms with van der Waals surface area (Å²) < 4.78 is 0. The molecule has 0 bridgehead atoms. The first-order valence-corrected chi connectivity index (χ1v) is 7.60. The van der Waals surface area contributed by atoms with E-state index in [0.29, 0.717) is 11.2 Å². The van der Waals surface area contributed by atoms with Gasteiger partial charge in [0.1, 0.15) is 0 Å². The number of hydrogen-bond donors (Lipinski definition) is 1. The largest absolute Gasteiger partial charge is 0.361 e. The van der Waals surface area contributed by atoms with Gasteiger partial charge in [0.05, 0.1) is 6.54 Å². The summed E-state index contributed by atoms with van der Waals surface area (Å²) in [4.78, 5) is 4.58. The predicted octanol–water partition coefficient (Wildman–Crippen LogP) is 3.47. The normalized spacial score (nSPS) is 19.1. The molecule has 3 heteroatoms. The zero-order valence-electron chi connectivity index (χ0n) is 11.4. The summed E-state index contributed by atoms with van der Waals surface area (Å²) >= 11 is 1.89. The van der Waals surface area contributed by atoms with Crippen LogP contribution in [0.5, 0.6) is 0 Å². The Morgan fingerprint density at radius 3 is 2.67 bits per heavy atom. The smallest absolute Gasteiger partial charge is 0.157 e. The number of amidine groups is 1. The first-order chi connectivity index (χ1) is 8.70. The van der Waals surface area contributed by atoms with Gasteiger partial charge in [-0.05, 0) is 23.5 Å². The Labute approximate surface area is 114 Å². The van der Waals surface area contributed by atoms with Crippen molar-refractivity contribution in [3.8, 4) is 0 Å². The van der Waals surface area contributed by atoms with Crippen LogP contribution in [0.15, 0.2) is 29.3 Å². The second kappa shape index (κ2) is 6.28. The molecule has 2 rings (SSSR count). The number of hydrogen-bond acceptors (Lipinski definition) is 3. The summed E-state index contributed by atoms with van der Waals surface area (Å²) in [5, 5.41) is 5.23. The van der Waals surface area contributed by atoms with E-state index in [0.717, 1.165) is 24.7 Å². The summed E-state index contributed by atoms with van der Waals surface area (Å²) in [5.74, 6) is 0.695. The molecular weight excluding hydrogens is 240 g/mol. The quantitative estimate of drug-likeness (QED) is 0.898. The van der Waals surface area contributed by atoms with E-state index in [4.69, 9.17) is 0 Å². The van der Waals surface area contributed by atoms with E-state index in [2.05, 4.69) is 55.3 Å². The van der Waals surface area contributed by atoms with Gasteiger partial charge in [0.25, 0.3) is 0 Å². The SMILES string of the molecule is CCc1ccccc1CNC1=NCC(C(C)C)S1. The fourth-order valence-corrected chi connectivity index (χ4v) is 3.09. The number of aliphatic imine (C=N–C) groups is 1. The summed E-state index contributed by atoms with van der Waals surface area (Å²) in [7, 11) is 0. The van der Waals surface area contributed by atoms with Crippen molar-refractivity contribution in [2.45, 2.75) is 39.0 Å². The number of rotatable bonds is 4. The van der Waals surface area contributed by atoms with Crippen LogP contribution < -0.4 is 5.32 Å². The molecule has 1 unspecified atom stereocenters. The first kappa shape index (κ1) is 13.5. The van der Waals surface area contributed by atoms with E-state index in [1.165, 1.54) is 11.1 Å². The highest BCUT2D eigenvalue weighted by Crippen LogP contribution is 2.26. The average Bonchev–Trinajstić information content (AvgIpc) is 2.85. The first-order valence-electron chi connectivity index (χ1n) is 6.72. The van der Waals surface area contributed by atoms with E-state index < -0.39 is 0 Å². The second-order valence-electron chi connectivity index (χ2n) is 5.02. The molecule has 0 saturated heterocycles. The minimum atomic E-state index is 0.647. The maximum atomic E-state index is 4.58. The lowest BCUT2D eigenvalue weighted by Gasteiger charge is -2.13. The standard InChI is InChI=1S/C15H22N2S/c1-4-12-7-5-6-8-13(12)9-16-15-17-10-14(18-15)11(2)3/h5-8,11,14H,4,9-10H2,1-3H3,(H,16,17). The van der Waals surface area contributed by atoms with Crippen LogP contribution in [0.4, 0.5) is 0 Å².